The Morgan fingerprint density at radius 1 is 1.35 bits per heavy atom. The lowest BCUT2D eigenvalue weighted by Gasteiger charge is -2.35. The van der Waals surface area contributed by atoms with Gasteiger partial charge in [-0.15, -0.1) is 0 Å². The third-order valence-electron chi connectivity index (χ3n) is 2.76. The second-order valence-corrected chi connectivity index (χ2v) is 7.47. The fraction of sp³-hybridized carbons (Fsp3) is 0.429. The maximum Gasteiger partial charge on any atom is 0.305 e. The number of aliphatic carboxylic acids is 1. The van der Waals surface area contributed by atoms with Crippen molar-refractivity contribution in [2.24, 2.45) is 0 Å². The first kappa shape index (κ1) is 17.4. The lowest BCUT2D eigenvalue weighted by molar-refractivity contribution is -0.137. The number of carboxylic acid groups (broad SMARTS) is 1. The summed E-state index contributed by atoms with van der Waals surface area (Å²) in [6.07, 6.45) is -0.0619. The van der Waals surface area contributed by atoms with Crippen molar-refractivity contribution in [3.8, 4) is 0 Å². The predicted octanol–water partition coefficient (Wildman–Crippen LogP) is 3.77. The van der Waals surface area contributed by atoms with Gasteiger partial charge in [0.15, 0.2) is 0 Å². The molecule has 1 amide bonds. The Kier molecular flexibility index (Phi) is 6.00. The van der Waals surface area contributed by atoms with Gasteiger partial charge in [-0.1, -0.05) is 15.9 Å². The van der Waals surface area contributed by atoms with E-state index >= 15 is 0 Å². The highest BCUT2D eigenvalue weighted by molar-refractivity contribution is 14.1. The normalized spacial score (nSPS) is 11.2. The van der Waals surface area contributed by atoms with Crippen molar-refractivity contribution in [3.05, 3.63) is 31.8 Å². The monoisotopic (exact) mass is 453 g/mol. The van der Waals surface area contributed by atoms with Gasteiger partial charge in [-0.25, -0.2) is 0 Å². The van der Waals surface area contributed by atoms with Crippen LogP contribution in [0.3, 0.4) is 0 Å². The molecule has 1 N–H and O–H groups in total. The number of amides is 1. The number of carbonyl (C=O) groups is 2. The summed E-state index contributed by atoms with van der Waals surface area (Å²) < 4.78 is 1.67. The lowest BCUT2D eigenvalue weighted by Crippen LogP contribution is -2.46. The second kappa shape index (κ2) is 6.89. The molecule has 0 unspecified atom stereocenters. The molecule has 0 spiro atoms. The van der Waals surface area contributed by atoms with Gasteiger partial charge in [-0.3, -0.25) is 9.59 Å². The number of hydrogen-bond donors (Lipinski definition) is 1. The fourth-order valence-corrected chi connectivity index (χ4v) is 2.68. The SMILES string of the molecule is CC(C)(C)N(CCC(=O)O)C(=O)c1cc(Br)ccc1I. The topological polar surface area (TPSA) is 57.6 Å². The molecule has 0 bridgehead atoms. The zero-order valence-electron chi connectivity index (χ0n) is 11.6. The van der Waals surface area contributed by atoms with Crippen molar-refractivity contribution >= 4 is 50.4 Å². The van der Waals surface area contributed by atoms with Gasteiger partial charge in [-0.05, 0) is 61.6 Å². The Balaban J connectivity index is 3.10. The van der Waals surface area contributed by atoms with Crippen LogP contribution < -0.4 is 0 Å². The predicted molar refractivity (Wildman–Crippen MR) is 89.9 cm³/mol. The molecule has 0 saturated carbocycles. The molecule has 20 heavy (non-hydrogen) atoms. The number of hydrogen-bond acceptors (Lipinski definition) is 2. The fourth-order valence-electron chi connectivity index (χ4n) is 1.76. The van der Waals surface area contributed by atoms with E-state index in [1.165, 1.54) is 0 Å². The smallest absolute Gasteiger partial charge is 0.305 e. The second-order valence-electron chi connectivity index (χ2n) is 5.40. The summed E-state index contributed by atoms with van der Waals surface area (Å²) in [4.78, 5) is 25.1. The number of nitrogens with zero attached hydrogens (tertiary/aromatic N) is 1. The molecule has 0 saturated heterocycles. The zero-order chi connectivity index (χ0) is 15.5. The Morgan fingerprint density at radius 2 is 1.95 bits per heavy atom. The Labute approximate surface area is 140 Å². The van der Waals surface area contributed by atoms with Crippen molar-refractivity contribution in [2.45, 2.75) is 32.7 Å². The van der Waals surface area contributed by atoms with Crippen LogP contribution in [0.25, 0.3) is 0 Å². The Morgan fingerprint density at radius 3 is 2.45 bits per heavy atom. The lowest BCUT2D eigenvalue weighted by atomic mass is 10.0. The highest BCUT2D eigenvalue weighted by Crippen LogP contribution is 2.23. The minimum Gasteiger partial charge on any atom is -0.481 e. The molecular weight excluding hydrogens is 437 g/mol. The Bertz CT molecular complexity index is 526. The summed E-state index contributed by atoms with van der Waals surface area (Å²) in [6, 6.07) is 5.50. The summed E-state index contributed by atoms with van der Waals surface area (Å²) >= 11 is 5.47. The van der Waals surface area contributed by atoms with Crippen LogP contribution in [0.5, 0.6) is 0 Å². The van der Waals surface area contributed by atoms with Crippen molar-refractivity contribution in [1.29, 1.82) is 0 Å². The van der Waals surface area contributed by atoms with Gasteiger partial charge in [0, 0.05) is 20.1 Å². The molecule has 0 aliphatic carbocycles. The molecule has 110 valence electrons. The summed E-state index contributed by atoms with van der Waals surface area (Å²) in [5.41, 5.74) is 0.151. The quantitative estimate of drug-likeness (QED) is 0.706. The number of carboxylic acids is 1. The van der Waals surface area contributed by atoms with Crippen molar-refractivity contribution in [3.63, 3.8) is 0 Å². The minimum atomic E-state index is -0.906. The molecule has 0 heterocycles. The van der Waals surface area contributed by atoms with Crippen LogP contribution in [0.1, 0.15) is 37.6 Å². The molecule has 4 nitrogen and oxygen atoms in total. The third-order valence-corrected chi connectivity index (χ3v) is 4.20. The molecule has 6 heteroatoms. The average molecular weight is 454 g/mol. The molecule has 0 aliphatic rings. The molecule has 1 aromatic rings. The number of benzene rings is 1. The number of rotatable bonds is 4. The van der Waals surface area contributed by atoms with Crippen LogP contribution in [0, 0.1) is 3.57 Å². The third kappa shape index (κ3) is 4.73. The van der Waals surface area contributed by atoms with E-state index in [2.05, 4.69) is 38.5 Å². The molecule has 0 atom stereocenters. The van der Waals surface area contributed by atoms with Gasteiger partial charge in [0.05, 0.1) is 12.0 Å². The zero-order valence-corrected chi connectivity index (χ0v) is 15.4. The molecular formula is C14H17BrINO3. The Hall–Kier alpha value is -0.630. The van der Waals surface area contributed by atoms with Crippen molar-refractivity contribution in [1.82, 2.24) is 4.90 Å². The van der Waals surface area contributed by atoms with Gasteiger partial charge >= 0.3 is 5.97 Å². The maximum absolute atomic E-state index is 12.7. The van der Waals surface area contributed by atoms with Gasteiger partial charge in [0.25, 0.3) is 5.91 Å². The molecule has 0 fully saturated rings. The van der Waals surface area contributed by atoms with Gasteiger partial charge in [0.2, 0.25) is 0 Å². The van der Waals surface area contributed by atoms with Gasteiger partial charge < -0.3 is 10.0 Å². The van der Waals surface area contributed by atoms with E-state index in [4.69, 9.17) is 5.11 Å². The van der Waals surface area contributed by atoms with Crippen LogP contribution in [0.4, 0.5) is 0 Å². The molecule has 0 aromatic heterocycles. The first-order chi connectivity index (χ1) is 9.12. The number of carbonyl (C=O) groups excluding carboxylic acids is 1. The van der Waals surface area contributed by atoms with E-state index in [0.29, 0.717) is 5.56 Å². The van der Waals surface area contributed by atoms with Crippen LogP contribution in [0.15, 0.2) is 22.7 Å². The summed E-state index contributed by atoms with van der Waals surface area (Å²) in [5.74, 6) is -1.06. The summed E-state index contributed by atoms with van der Waals surface area (Å²) in [7, 11) is 0. The minimum absolute atomic E-state index is 0.0619. The molecule has 0 aliphatic heterocycles. The van der Waals surface area contributed by atoms with Crippen molar-refractivity contribution in [2.75, 3.05) is 6.54 Å². The largest absolute Gasteiger partial charge is 0.481 e. The standard InChI is InChI=1S/C14H17BrINO3/c1-14(2,3)17(7-6-12(18)19)13(20)10-8-9(15)4-5-11(10)16/h4-5,8H,6-7H2,1-3H3,(H,18,19). The van der Waals surface area contributed by atoms with E-state index in [-0.39, 0.29) is 18.9 Å². The van der Waals surface area contributed by atoms with Crippen LogP contribution in [-0.4, -0.2) is 34.0 Å². The van der Waals surface area contributed by atoms with Crippen LogP contribution >= 0.6 is 38.5 Å². The van der Waals surface area contributed by atoms with Crippen molar-refractivity contribution < 1.29 is 14.7 Å². The van der Waals surface area contributed by atoms with Gasteiger partial charge in [0.1, 0.15) is 0 Å². The van der Waals surface area contributed by atoms with E-state index in [1.807, 2.05) is 32.9 Å². The highest BCUT2D eigenvalue weighted by Gasteiger charge is 2.28. The first-order valence-electron chi connectivity index (χ1n) is 6.11. The molecule has 1 rings (SSSR count). The maximum atomic E-state index is 12.7. The number of halogens is 2. The van der Waals surface area contributed by atoms with Gasteiger partial charge in [-0.2, -0.15) is 0 Å². The summed E-state index contributed by atoms with van der Waals surface area (Å²) in [5, 5.41) is 8.83. The van der Waals surface area contributed by atoms with E-state index in [0.717, 1.165) is 8.04 Å². The van der Waals surface area contributed by atoms with Crippen LogP contribution in [0.2, 0.25) is 0 Å². The average Bonchev–Trinajstić information content (AvgIpc) is 2.30. The first-order valence-corrected chi connectivity index (χ1v) is 7.99. The van der Waals surface area contributed by atoms with E-state index < -0.39 is 11.5 Å². The highest BCUT2D eigenvalue weighted by atomic mass is 127. The van der Waals surface area contributed by atoms with E-state index in [9.17, 15) is 9.59 Å². The summed E-state index contributed by atoms with van der Waals surface area (Å²) in [6.45, 7) is 5.90. The van der Waals surface area contributed by atoms with Crippen LogP contribution in [-0.2, 0) is 4.79 Å². The van der Waals surface area contributed by atoms with E-state index in [1.54, 1.807) is 11.0 Å². The molecule has 1 aromatic carbocycles. The molecule has 0 radical (unpaired) electrons.